The Kier molecular flexibility index (Phi) is 6.34. The van der Waals surface area contributed by atoms with Crippen molar-refractivity contribution in [3.05, 3.63) is 42.2 Å². The fourth-order valence-electron chi connectivity index (χ4n) is 2.34. The summed E-state index contributed by atoms with van der Waals surface area (Å²) in [4.78, 5) is 13.9. The van der Waals surface area contributed by atoms with Gasteiger partial charge in [-0.15, -0.1) is 0 Å². The van der Waals surface area contributed by atoms with Crippen LogP contribution in [0.5, 0.6) is 0 Å². The Labute approximate surface area is 142 Å². The zero-order valence-electron chi connectivity index (χ0n) is 14.4. The van der Waals surface area contributed by atoms with Crippen LogP contribution in [-0.2, 0) is 13.0 Å². The smallest absolute Gasteiger partial charge is 0.323 e. The van der Waals surface area contributed by atoms with Gasteiger partial charge in [0, 0.05) is 18.4 Å². The zero-order valence-corrected chi connectivity index (χ0v) is 14.4. The standard InChI is InChI=1S/C17H25N5O2/c1-4-13-5-7-14(8-6-13)19-17(24)20-15-9-18-22(10-15)12-16(23)11-21(2)3/h5-10,16,23H,4,11-12H2,1-3H3,(H2,19,20,24). The van der Waals surface area contributed by atoms with Crippen LogP contribution in [0.2, 0.25) is 0 Å². The fourth-order valence-corrected chi connectivity index (χ4v) is 2.34. The molecule has 0 aliphatic carbocycles. The first-order chi connectivity index (χ1) is 11.5. The van der Waals surface area contributed by atoms with Crippen molar-refractivity contribution in [1.29, 1.82) is 0 Å². The molecule has 2 rings (SSSR count). The second kappa shape index (κ2) is 8.47. The highest BCUT2D eigenvalue weighted by atomic mass is 16.3. The molecule has 0 saturated heterocycles. The summed E-state index contributed by atoms with van der Waals surface area (Å²) in [6, 6.07) is 7.39. The summed E-state index contributed by atoms with van der Waals surface area (Å²) in [5.74, 6) is 0. The van der Waals surface area contributed by atoms with Gasteiger partial charge in [-0.2, -0.15) is 5.10 Å². The number of aliphatic hydroxyl groups excluding tert-OH is 1. The number of aliphatic hydroxyl groups is 1. The Hall–Kier alpha value is -2.38. The number of carbonyl (C=O) groups excluding carboxylic acids is 1. The minimum absolute atomic E-state index is 0.326. The summed E-state index contributed by atoms with van der Waals surface area (Å²) in [5.41, 5.74) is 2.53. The van der Waals surface area contributed by atoms with E-state index >= 15 is 0 Å². The number of urea groups is 1. The van der Waals surface area contributed by atoms with E-state index in [0.717, 1.165) is 12.1 Å². The summed E-state index contributed by atoms with van der Waals surface area (Å²) < 4.78 is 1.61. The molecule has 7 nitrogen and oxygen atoms in total. The molecular weight excluding hydrogens is 306 g/mol. The van der Waals surface area contributed by atoms with Gasteiger partial charge in [0.05, 0.1) is 24.5 Å². The van der Waals surface area contributed by atoms with E-state index in [-0.39, 0.29) is 6.03 Å². The highest BCUT2D eigenvalue weighted by Gasteiger charge is 2.09. The molecule has 1 aromatic heterocycles. The molecule has 0 aliphatic rings. The Balaban J connectivity index is 1.85. The van der Waals surface area contributed by atoms with E-state index in [9.17, 15) is 9.90 Å². The molecule has 0 saturated carbocycles. The largest absolute Gasteiger partial charge is 0.390 e. The van der Waals surface area contributed by atoms with E-state index in [1.807, 2.05) is 43.3 Å². The fraction of sp³-hybridized carbons (Fsp3) is 0.412. The summed E-state index contributed by atoms with van der Waals surface area (Å²) in [6.45, 7) is 3.01. The lowest BCUT2D eigenvalue weighted by molar-refractivity contribution is 0.116. The third-order valence-electron chi connectivity index (χ3n) is 3.48. The summed E-state index contributed by atoms with van der Waals surface area (Å²) in [6.07, 6.45) is 3.70. The molecule has 24 heavy (non-hydrogen) atoms. The van der Waals surface area contributed by atoms with Gasteiger partial charge in [0.2, 0.25) is 0 Å². The number of nitrogens with one attached hydrogen (secondary N) is 2. The number of hydrogen-bond donors (Lipinski definition) is 3. The van der Waals surface area contributed by atoms with E-state index < -0.39 is 6.10 Å². The number of hydrogen-bond acceptors (Lipinski definition) is 4. The lowest BCUT2D eigenvalue weighted by atomic mass is 10.1. The first kappa shape index (κ1) is 18.0. The molecule has 7 heteroatoms. The highest BCUT2D eigenvalue weighted by molar-refractivity contribution is 5.99. The van der Waals surface area contributed by atoms with Gasteiger partial charge in [-0.05, 0) is 38.2 Å². The van der Waals surface area contributed by atoms with Gasteiger partial charge in [0.1, 0.15) is 0 Å². The number of carbonyl (C=O) groups is 1. The van der Waals surface area contributed by atoms with Crippen LogP contribution in [0.4, 0.5) is 16.2 Å². The van der Waals surface area contributed by atoms with Gasteiger partial charge in [0.25, 0.3) is 0 Å². The number of nitrogens with zero attached hydrogens (tertiary/aromatic N) is 3. The summed E-state index contributed by atoms with van der Waals surface area (Å²) in [7, 11) is 3.80. The normalized spacial score (nSPS) is 12.2. The Morgan fingerprint density at radius 3 is 2.54 bits per heavy atom. The first-order valence-corrected chi connectivity index (χ1v) is 7.98. The maximum absolute atomic E-state index is 12.0. The Bertz CT molecular complexity index is 651. The zero-order chi connectivity index (χ0) is 17.5. The predicted molar refractivity (Wildman–Crippen MR) is 95.2 cm³/mol. The van der Waals surface area contributed by atoms with Crippen LogP contribution in [0.15, 0.2) is 36.7 Å². The molecule has 1 unspecified atom stereocenters. The number of aryl methyl sites for hydroxylation is 1. The Morgan fingerprint density at radius 1 is 1.25 bits per heavy atom. The van der Waals surface area contributed by atoms with Gasteiger partial charge >= 0.3 is 6.03 Å². The van der Waals surface area contributed by atoms with Crippen molar-refractivity contribution in [3.8, 4) is 0 Å². The predicted octanol–water partition coefficient (Wildman–Crippen LogP) is 2.01. The lowest BCUT2D eigenvalue weighted by Gasteiger charge is -2.15. The molecular formula is C17H25N5O2. The van der Waals surface area contributed by atoms with Crippen LogP contribution in [0.25, 0.3) is 0 Å². The average molecular weight is 331 g/mol. The second-order valence-electron chi connectivity index (χ2n) is 6.00. The van der Waals surface area contributed by atoms with Crippen LogP contribution in [0, 0.1) is 0 Å². The SMILES string of the molecule is CCc1ccc(NC(=O)Nc2cnn(CC(O)CN(C)C)c2)cc1. The van der Waals surface area contributed by atoms with Gasteiger partial charge in [-0.1, -0.05) is 19.1 Å². The lowest BCUT2D eigenvalue weighted by Crippen LogP contribution is -2.29. The van der Waals surface area contributed by atoms with Crippen molar-refractivity contribution in [1.82, 2.24) is 14.7 Å². The summed E-state index contributed by atoms with van der Waals surface area (Å²) in [5, 5.41) is 19.5. The average Bonchev–Trinajstić information content (AvgIpc) is 2.93. The van der Waals surface area contributed by atoms with Crippen LogP contribution in [0.3, 0.4) is 0 Å². The number of amides is 2. The minimum Gasteiger partial charge on any atom is -0.390 e. The molecule has 1 atom stereocenters. The van der Waals surface area contributed by atoms with Crippen LogP contribution in [0.1, 0.15) is 12.5 Å². The van der Waals surface area contributed by atoms with Crippen molar-refractivity contribution >= 4 is 17.4 Å². The minimum atomic E-state index is -0.515. The molecule has 3 N–H and O–H groups in total. The molecule has 0 aliphatic heterocycles. The van der Waals surface area contributed by atoms with Crippen LogP contribution >= 0.6 is 0 Å². The second-order valence-corrected chi connectivity index (χ2v) is 6.00. The number of likely N-dealkylation sites (N-methyl/N-ethyl adjacent to an activating group) is 1. The number of benzene rings is 1. The van der Waals surface area contributed by atoms with Crippen molar-refractivity contribution in [2.75, 3.05) is 31.3 Å². The third kappa shape index (κ3) is 5.68. The molecule has 0 bridgehead atoms. The van der Waals surface area contributed by atoms with Crippen LogP contribution in [-0.4, -0.2) is 52.6 Å². The molecule has 0 spiro atoms. The van der Waals surface area contributed by atoms with E-state index in [1.54, 1.807) is 17.1 Å². The number of rotatable bonds is 7. The summed E-state index contributed by atoms with van der Waals surface area (Å²) >= 11 is 0. The molecule has 0 fully saturated rings. The molecule has 1 aromatic carbocycles. The maximum Gasteiger partial charge on any atom is 0.323 e. The first-order valence-electron chi connectivity index (χ1n) is 7.98. The van der Waals surface area contributed by atoms with Gasteiger partial charge in [-0.3, -0.25) is 4.68 Å². The number of anilines is 2. The molecule has 1 heterocycles. The Morgan fingerprint density at radius 2 is 1.92 bits per heavy atom. The van der Waals surface area contributed by atoms with Crippen molar-refractivity contribution < 1.29 is 9.90 Å². The van der Waals surface area contributed by atoms with E-state index in [1.165, 1.54) is 5.56 Å². The van der Waals surface area contributed by atoms with Crippen molar-refractivity contribution in [2.24, 2.45) is 0 Å². The monoisotopic (exact) mass is 331 g/mol. The molecule has 2 aromatic rings. The van der Waals surface area contributed by atoms with Gasteiger partial charge < -0.3 is 20.6 Å². The van der Waals surface area contributed by atoms with Gasteiger partial charge in [0.15, 0.2) is 0 Å². The maximum atomic E-state index is 12.0. The van der Waals surface area contributed by atoms with Crippen LogP contribution < -0.4 is 10.6 Å². The van der Waals surface area contributed by atoms with Crippen molar-refractivity contribution in [2.45, 2.75) is 26.0 Å². The van der Waals surface area contributed by atoms with Crippen molar-refractivity contribution in [3.63, 3.8) is 0 Å². The molecule has 2 amide bonds. The molecule has 0 radical (unpaired) electrons. The van der Waals surface area contributed by atoms with E-state index in [0.29, 0.717) is 18.8 Å². The quantitative estimate of drug-likeness (QED) is 0.725. The number of aromatic nitrogens is 2. The third-order valence-corrected chi connectivity index (χ3v) is 3.48. The van der Waals surface area contributed by atoms with E-state index in [4.69, 9.17) is 0 Å². The van der Waals surface area contributed by atoms with Gasteiger partial charge in [-0.25, -0.2) is 4.79 Å². The topological polar surface area (TPSA) is 82.4 Å². The van der Waals surface area contributed by atoms with E-state index in [2.05, 4.69) is 22.7 Å². The highest BCUT2D eigenvalue weighted by Crippen LogP contribution is 2.11. The molecule has 130 valence electrons.